The smallest absolute Gasteiger partial charge is 0.146 e. The van der Waals surface area contributed by atoms with Crippen molar-refractivity contribution in [3.8, 4) is 33.9 Å². The highest BCUT2D eigenvalue weighted by molar-refractivity contribution is 6.16. The third-order valence-corrected chi connectivity index (χ3v) is 9.33. The number of hydrogen-bond donors (Lipinski definition) is 0. The van der Waals surface area contributed by atoms with Crippen LogP contribution in [0.2, 0.25) is 0 Å². The second kappa shape index (κ2) is 8.80. The second-order valence-corrected chi connectivity index (χ2v) is 12.0. The first-order valence-corrected chi connectivity index (χ1v) is 14.9. The van der Waals surface area contributed by atoms with E-state index in [9.17, 15) is 0 Å². The molecule has 3 heterocycles. The van der Waals surface area contributed by atoms with Crippen LogP contribution in [-0.2, 0) is 5.41 Å². The van der Waals surface area contributed by atoms with E-state index in [2.05, 4.69) is 163 Å². The Morgan fingerprint density at radius 2 is 1.12 bits per heavy atom. The lowest BCUT2D eigenvalue weighted by atomic mass is 9.75. The summed E-state index contributed by atoms with van der Waals surface area (Å²) in [6.45, 7) is 4.71. The topological polar surface area (TPSA) is 22.8 Å². The van der Waals surface area contributed by atoms with Crippen LogP contribution in [0.5, 0.6) is 0 Å². The average molecular weight is 552 g/mol. The number of imidazole rings is 1. The van der Waals surface area contributed by atoms with Gasteiger partial charge >= 0.3 is 0 Å². The van der Waals surface area contributed by atoms with Gasteiger partial charge in [-0.25, -0.2) is 4.98 Å². The van der Waals surface area contributed by atoms with Crippen molar-refractivity contribution in [1.29, 1.82) is 0 Å². The zero-order chi connectivity index (χ0) is 28.7. The largest absolute Gasteiger partial charge is 0.308 e. The molecule has 1 aliphatic rings. The molecule has 0 saturated heterocycles. The van der Waals surface area contributed by atoms with Crippen LogP contribution in [0.15, 0.2) is 140 Å². The predicted octanol–water partition coefficient (Wildman–Crippen LogP) is 10.1. The van der Waals surface area contributed by atoms with E-state index in [0.717, 1.165) is 28.1 Å². The van der Waals surface area contributed by atoms with Gasteiger partial charge in [-0.05, 0) is 47.0 Å². The van der Waals surface area contributed by atoms with Gasteiger partial charge in [0, 0.05) is 33.0 Å². The van der Waals surface area contributed by atoms with Crippen molar-refractivity contribution in [3.05, 3.63) is 151 Å². The van der Waals surface area contributed by atoms with Gasteiger partial charge in [-0.1, -0.05) is 123 Å². The standard InChI is InChI=1S/C40H29N3/c1-40(2)32-21-8-10-24-35(32)43-37-28(18-12-19-29(37)30-20-13-22-33(40)38(30)43)27-16-6-7-17-31(27)39-41-34-23-9-11-25-36(34)42(39)26-14-4-3-5-15-26/h3-25H,1-2H3. The maximum atomic E-state index is 5.25. The molecule has 0 N–H and O–H groups in total. The fourth-order valence-electron chi connectivity index (χ4n) is 7.38. The molecule has 0 amide bonds. The Bertz CT molecular complexity index is 2370. The third-order valence-electron chi connectivity index (χ3n) is 9.33. The van der Waals surface area contributed by atoms with Crippen LogP contribution in [0.4, 0.5) is 0 Å². The van der Waals surface area contributed by atoms with Gasteiger partial charge in [0.15, 0.2) is 0 Å². The van der Waals surface area contributed by atoms with E-state index in [1.165, 1.54) is 49.7 Å². The Kier molecular flexibility index (Phi) is 4.95. The molecule has 3 heteroatoms. The van der Waals surface area contributed by atoms with Crippen LogP contribution >= 0.6 is 0 Å². The summed E-state index contributed by atoms with van der Waals surface area (Å²) in [6, 6.07) is 50.2. The van der Waals surface area contributed by atoms with E-state index in [4.69, 9.17) is 4.98 Å². The Labute approximate surface area is 250 Å². The molecule has 0 radical (unpaired) electrons. The summed E-state index contributed by atoms with van der Waals surface area (Å²) in [6.07, 6.45) is 0. The highest BCUT2D eigenvalue weighted by Crippen LogP contribution is 2.49. The molecule has 0 spiro atoms. The highest BCUT2D eigenvalue weighted by Gasteiger charge is 2.35. The number of nitrogens with zero attached hydrogens (tertiary/aromatic N) is 3. The normalized spacial score (nSPS) is 13.5. The molecule has 6 aromatic carbocycles. The third kappa shape index (κ3) is 3.28. The van der Waals surface area contributed by atoms with Crippen molar-refractivity contribution in [3.63, 3.8) is 0 Å². The molecular weight excluding hydrogens is 522 g/mol. The zero-order valence-corrected chi connectivity index (χ0v) is 24.1. The van der Waals surface area contributed by atoms with Crippen LogP contribution in [0.1, 0.15) is 25.0 Å². The van der Waals surface area contributed by atoms with Crippen molar-refractivity contribution in [2.75, 3.05) is 0 Å². The van der Waals surface area contributed by atoms with E-state index >= 15 is 0 Å². The van der Waals surface area contributed by atoms with Crippen molar-refractivity contribution < 1.29 is 0 Å². The van der Waals surface area contributed by atoms with Gasteiger partial charge in [0.1, 0.15) is 5.82 Å². The molecule has 0 saturated carbocycles. The van der Waals surface area contributed by atoms with Gasteiger partial charge < -0.3 is 4.57 Å². The maximum absolute atomic E-state index is 5.25. The minimum atomic E-state index is -0.0981. The van der Waals surface area contributed by atoms with Gasteiger partial charge in [0.25, 0.3) is 0 Å². The molecule has 0 fully saturated rings. The van der Waals surface area contributed by atoms with Crippen LogP contribution in [-0.4, -0.2) is 14.1 Å². The SMILES string of the molecule is CC1(C)c2ccccc2-n2c3c(-c4ccccc4-c4nc5ccccc5n4-c4ccccc4)cccc3c3cccc1c32. The summed E-state index contributed by atoms with van der Waals surface area (Å²) in [5.41, 5.74) is 13.1. The average Bonchev–Trinajstić information content (AvgIpc) is 3.61. The highest BCUT2D eigenvalue weighted by atomic mass is 15.1. The molecule has 0 unspecified atom stereocenters. The minimum absolute atomic E-state index is 0.0981. The molecule has 9 rings (SSSR count). The number of rotatable bonds is 3. The van der Waals surface area contributed by atoms with Crippen LogP contribution in [0.3, 0.4) is 0 Å². The van der Waals surface area contributed by atoms with Crippen LogP contribution < -0.4 is 0 Å². The van der Waals surface area contributed by atoms with E-state index in [-0.39, 0.29) is 5.41 Å². The molecule has 0 bridgehead atoms. The van der Waals surface area contributed by atoms with Gasteiger partial charge in [0.05, 0.1) is 27.8 Å². The zero-order valence-electron chi connectivity index (χ0n) is 24.1. The molecule has 0 atom stereocenters. The molecule has 8 aromatic rings. The summed E-state index contributed by atoms with van der Waals surface area (Å²) >= 11 is 0. The van der Waals surface area contributed by atoms with Crippen LogP contribution in [0, 0.1) is 0 Å². The van der Waals surface area contributed by atoms with E-state index in [0.29, 0.717) is 0 Å². The summed E-state index contributed by atoms with van der Waals surface area (Å²) in [7, 11) is 0. The number of para-hydroxylation sites is 6. The maximum Gasteiger partial charge on any atom is 0.146 e. The number of hydrogen-bond acceptors (Lipinski definition) is 1. The summed E-state index contributed by atoms with van der Waals surface area (Å²) in [4.78, 5) is 5.25. The monoisotopic (exact) mass is 551 g/mol. The minimum Gasteiger partial charge on any atom is -0.308 e. The lowest BCUT2D eigenvalue weighted by Gasteiger charge is -2.34. The van der Waals surface area contributed by atoms with Gasteiger partial charge in [-0.2, -0.15) is 0 Å². The fourth-order valence-corrected chi connectivity index (χ4v) is 7.38. The summed E-state index contributed by atoms with van der Waals surface area (Å²) in [5, 5.41) is 2.57. The van der Waals surface area contributed by atoms with E-state index in [1.54, 1.807) is 0 Å². The first-order valence-electron chi connectivity index (χ1n) is 14.9. The van der Waals surface area contributed by atoms with Gasteiger partial charge in [-0.3, -0.25) is 4.57 Å². The van der Waals surface area contributed by atoms with Crippen LogP contribution in [0.25, 0.3) is 66.7 Å². The van der Waals surface area contributed by atoms with Gasteiger partial charge in [0.2, 0.25) is 0 Å². The molecule has 3 nitrogen and oxygen atoms in total. The Balaban J connectivity index is 1.41. The first kappa shape index (κ1) is 24.2. The quantitative estimate of drug-likeness (QED) is 0.214. The molecule has 0 aliphatic carbocycles. The predicted molar refractivity (Wildman–Crippen MR) is 178 cm³/mol. The van der Waals surface area contributed by atoms with Gasteiger partial charge in [-0.15, -0.1) is 0 Å². The first-order chi connectivity index (χ1) is 21.1. The Morgan fingerprint density at radius 1 is 0.488 bits per heavy atom. The molecular formula is C40H29N3. The van der Waals surface area contributed by atoms with Crippen molar-refractivity contribution >= 4 is 32.8 Å². The van der Waals surface area contributed by atoms with E-state index < -0.39 is 0 Å². The fraction of sp³-hybridized carbons (Fsp3) is 0.0750. The number of benzene rings is 6. The Hall–Kier alpha value is -5.41. The summed E-state index contributed by atoms with van der Waals surface area (Å²) < 4.78 is 4.82. The molecule has 204 valence electrons. The number of aromatic nitrogens is 3. The molecule has 1 aliphatic heterocycles. The van der Waals surface area contributed by atoms with Crippen molar-refractivity contribution in [2.24, 2.45) is 0 Å². The van der Waals surface area contributed by atoms with Crippen molar-refractivity contribution in [1.82, 2.24) is 14.1 Å². The Morgan fingerprint density at radius 3 is 1.98 bits per heavy atom. The van der Waals surface area contributed by atoms with E-state index in [1.807, 2.05) is 0 Å². The lowest BCUT2D eigenvalue weighted by Crippen LogP contribution is -2.26. The summed E-state index contributed by atoms with van der Waals surface area (Å²) in [5.74, 6) is 0.942. The lowest BCUT2D eigenvalue weighted by molar-refractivity contribution is 0.630. The second-order valence-electron chi connectivity index (χ2n) is 12.0. The molecule has 43 heavy (non-hydrogen) atoms. The van der Waals surface area contributed by atoms with Crippen molar-refractivity contribution in [2.45, 2.75) is 19.3 Å². The molecule has 2 aromatic heterocycles. The number of fused-ring (bicyclic) bond motifs is 6.